The molecule has 108 valence electrons. The van der Waals surface area contributed by atoms with Crippen LogP contribution < -0.4 is 0 Å². The van der Waals surface area contributed by atoms with E-state index in [1.165, 1.54) is 11.8 Å². The van der Waals surface area contributed by atoms with Gasteiger partial charge in [0.15, 0.2) is 0 Å². The van der Waals surface area contributed by atoms with Crippen molar-refractivity contribution in [3.8, 4) is 11.5 Å². The molecule has 0 unspecified atom stereocenters. The van der Waals surface area contributed by atoms with Crippen molar-refractivity contribution >= 4 is 11.8 Å². The molecule has 0 aliphatic carbocycles. The van der Waals surface area contributed by atoms with Gasteiger partial charge in [0, 0.05) is 12.0 Å². The summed E-state index contributed by atoms with van der Waals surface area (Å²) in [5, 5.41) is 16.5. The fraction of sp³-hybridized carbons (Fsp3) is 0.286. The van der Waals surface area contributed by atoms with Crippen molar-refractivity contribution in [3.63, 3.8) is 0 Å². The van der Waals surface area contributed by atoms with Gasteiger partial charge in [0.2, 0.25) is 17.7 Å². The number of aromatic nitrogens is 4. The second-order valence-electron chi connectivity index (χ2n) is 4.47. The quantitative estimate of drug-likeness (QED) is 0.669. The van der Waals surface area contributed by atoms with Crippen LogP contribution in [0.1, 0.15) is 24.3 Å². The second kappa shape index (κ2) is 6.09. The lowest BCUT2D eigenvalue weighted by Crippen LogP contribution is -1.80. The van der Waals surface area contributed by atoms with Crippen LogP contribution in [0.4, 0.5) is 0 Å². The van der Waals surface area contributed by atoms with Crippen LogP contribution in [0.3, 0.4) is 0 Å². The van der Waals surface area contributed by atoms with Crippen molar-refractivity contribution in [1.82, 2.24) is 20.4 Å². The normalized spacial score (nSPS) is 11.0. The first kappa shape index (κ1) is 13.8. The van der Waals surface area contributed by atoms with E-state index in [1.54, 1.807) is 0 Å². The Morgan fingerprint density at radius 1 is 1.05 bits per heavy atom. The van der Waals surface area contributed by atoms with E-state index in [0.29, 0.717) is 28.6 Å². The van der Waals surface area contributed by atoms with Crippen LogP contribution in [0.15, 0.2) is 38.3 Å². The number of aryl methyl sites for hydroxylation is 2. The second-order valence-corrected chi connectivity index (χ2v) is 5.40. The molecule has 7 heteroatoms. The summed E-state index contributed by atoms with van der Waals surface area (Å²) in [4.78, 5) is 0. The topological polar surface area (TPSA) is 77.8 Å². The van der Waals surface area contributed by atoms with Crippen molar-refractivity contribution in [2.75, 3.05) is 0 Å². The molecule has 21 heavy (non-hydrogen) atoms. The molecule has 0 saturated heterocycles. The van der Waals surface area contributed by atoms with E-state index in [4.69, 9.17) is 8.83 Å². The Hall–Kier alpha value is -2.15. The molecule has 0 saturated carbocycles. The van der Waals surface area contributed by atoms with Gasteiger partial charge in [0.1, 0.15) is 0 Å². The fourth-order valence-corrected chi connectivity index (χ4v) is 2.39. The van der Waals surface area contributed by atoms with E-state index >= 15 is 0 Å². The number of thioether (sulfide) groups is 1. The van der Waals surface area contributed by atoms with Crippen LogP contribution in [-0.4, -0.2) is 20.4 Å². The van der Waals surface area contributed by atoms with E-state index in [1.807, 2.05) is 38.1 Å². The molecule has 2 heterocycles. The Bertz CT molecular complexity index is 738. The van der Waals surface area contributed by atoms with E-state index in [-0.39, 0.29) is 0 Å². The molecule has 0 aliphatic rings. The summed E-state index contributed by atoms with van der Waals surface area (Å²) >= 11 is 1.38. The van der Waals surface area contributed by atoms with Gasteiger partial charge in [-0.2, -0.15) is 0 Å². The van der Waals surface area contributed by atoms with Gasteiger partial charge in [0.25, 0.3) is 5.22 Å². The maximum absolute atomic E-state index is 5.65. The van der Waals surface area contributed by atoms with Crippen molar-refractivity contribution < 1.29 is 8.83 Å². The number of nitrogens with zero attached hydrogens (tertiary/aromatic N) is 4. The summed E-state index contributed by atoms with van der Waals surface area (Å²) in [5.41, 5.74) is 2.07. The highest BCUT2D eigenvalue weighted by molar-refractivity contribution is 7.98. The number of rotatable bonds is 5. The molecule has 0 bridgehead atoms. The highest BCUT2D eigenvalue weighted by Crippen LogP contribution is 2.24. The fourth-order valence-electron chi connectivity index (χ4n) is 1.77. The Morgan fingerprint density at radius 2 is 1.90 bits per heavy atom. The monoisotopic (exact) mass is 302 g/mol. The van der Waals surface area contributed by atoms with Crippen molar-refractivity contribution in [2.24, 2.45) is 0 Å². The molecule has 0 aliphatic heterocycles. The first-order valence-corrected chi connectivity index (χ1v) is 7.57. The van der Waals surface area contributed by atoms with Crippen LogP contribution in [0, 0.1) is 6.92 Å². The maximum Gasteiger partial charge on any atom is 0.277 e. The third kappa shape index (κ3) is 3.30. The Kier molecular flexibility index (Phi) is 4.01. The van der Waals surface area contributed by atoms with Gasteiger partial charge in [0.05, 0.1) is 5.75 Å². The molecular formula is C14H14N4O2S. The zero-order chi connectivity index (χ0) is 14.7. The lowest BCUT2D eigenvalue weighted by Gasteiger charge is -1.95. The minimum atomic E-state index is 0.504. The molecule has 3 aromatic rings. The standard InChI is InChI=1S/C14H14N4O2S/c1-3-11-15-18-14(20-11)21-8-12-16-17-13(19-12)10-6-4-5-9(2)7-10/h4-7H,3,8H2,1-2H3. The molecule has 6 nitrogen and oxygen atoms in total. The Labute approximate surface area is 126 Å². The zero-order valence-corrected chi connectivity index (χ0v) is 12.6. The highest BCUT2D eigenvalue weighted by atomic mass is 32.2. The molecule has 1 aromatic carbocycles. The SMILES string of the molecule is CCc1nnc(SCc2nnc(-c3cccc(C)c3)o2)o1. The van der Waals surface area contributed by atoms with Gasteiger partial charge in [-0.15, -0.1) is 20.4 Å². The third-order valence-corrected chi connectivity index (χ3v) is 3.60. The summed E-state index contributed by atoms with van der Waals surface area (Å²) in [5.74, 6) is 2.19. The Balaban J connectivity index is 1.67. The van der Waals surface area contributed by atoms with Gasteiger partial charge in [-0.25, -0.2) is 0 Å². The lowest BCUT2D eigenvalue weighted by molar-refractivity contribution is 0.416. The molecule has 0 fully saturated rings. The van der Waals surface area contributed by atoms with Crippen LogP contribution in [-0.2, 0) is 12.2 Å². The predicted octanol–water partition coefficient (Wildman–Crippen LogP) is 3.28. The van der Waals surface area contributed by atoms with Crippen LogP contribution >= 0.6 is 11.8 Å². The van der Waals surface area contributed by atoms with Gasteiger partial charge in [-0.1, -0.05) is 36.4 Å². The van der Waals surface area contributed by atoms with E-state index < -0.39 is 0 Å². The smallest absolute Gasteiger partial charge is 0.277 e. The minimum absolute atomic E-state index is 0.504. The summed E-state index contributed by atoms with van der Waals surface area (Å²) < 4.78 is 11.1. The average Bonchev–Trinajstić information content (AvgIpc) is 3.14. The average molecular weight is 302 g/mol. The summed E-state index contributed by atoms with van der Waals surface area (Å²) in [6, 6.07) is 7.95. The van der Waals surface area contributed by atoms with E-state index in [9.17, 15) is 0 Å². The molecule has 3 rings (SSSR count). The van der Waals surface area contributed by atoms with Crippen LogP contribution in [0.2, 0.25) is 0 Å². The molecule has 0 amide bonds. The van der Waals surface area contributed by atoms with Crippen molar-refractivity contribution in [1.29, 1.82) is 0 Å². The number of hydrogen-bond donors (Lipinski definition) is 0. The Morgan fingerprint density at radius 3 is 2.67 bits per heavy atom. The summed E-state index contributed by atoms with van der Waals surface area (Å²) in [6.45, 7) is 3.99. The zero-order valence-electron chi connectivity index (χ0n) is 11.7. The van der Waals surface area contributed by atoms with Gasteiger partial charge in [-0.3, -0.25) is 0 Å². The summed E-state index contributed by atoms with van der Waals surface area (Å²) in [6.07, 6.45) is 0.728. The third-order valence-electron chi connectivity index (χ3n) is 2.80. The molecule has 0 N–H and O–H groups in total. The largest absolute Gasteiger partial charge is 0.420 e. The molecule has 0 atom stereocenters. The number of benzene rings is 1. The van der Waals surface area contributed by atoms with Crippen LogP contribution in [0.5, 0.6) is 0 Å². The molecule has 2 aromatic heterocycles. The van der Waals surface area contributed by atoms with E-state index in [2.05, 4.69) is 20.4 Å². The number of hydrogen-bond acceptors (Lipinski definition) is 7. The van der Waals surface area contributed by atoms with Crippen LogP contribution in [0.25, 0.3) is 11.5 Å². The lowest BCUT2D eigenvalue weighted by atomic mass is 10.1. The van der Waals surface area contributed by atoms with E-state index in [0.717, 1.165) is 17.5 Å². The maximum atomic E-state index is 5.65. The van der Waals surface area contributed by atoms with Gasteiger partial charge in [-0.05, 0) is 19.1 Å². The molecule has 0 spiro atoms. The predicted molar refractivity (Wildman–Crippen MR) is 77.7 cm³/mol. The van der Waals surface area contributed by atoms with Crippen molar-refractivity contribution in [3.05, 3.63) is 41.6 Å². The molecular weight excluding hydrogens is 288 g/mol. The highest BCUT2D eigenvalue weighted by Gasteiger charge is 2.11. The van der Waals surface area contributed by atoms with Gasteiger partial charge >= 0.3 is 0 Å². The first-order chi connectivity index (χ1) is 10.2. The summed E-state index contributed by atoms with van der Waals surface area (Å²) in [7, 11) is 0. The van der Waals surface area contributed by atoms with Crippen molar-refractivity contribution in [2.45, 2.75) is 31.2 Å². The van der Waals surface area contributed by atoms with Gasteiger partial charge < -0.3 is 8.83 Å². The first-order valence-electron chi connectivity index (χ1n) is 6.59. The minimum Gasteiger partial charge on any atom is -0.420 e. The molecule has 0 radical (unpaired) electrons.